The van der Waals surface area contributed by atoms with Crippen LogP contribution in [0.2, 0.25) is 0 Å². The van der Waals surface area contributed by atoms with Crippen molar-refractivity contribution in [3.63, 3.8) is 0 Å². The van der Waals surface area contributed by atoms with Gasteiger partial charge in [0.1, 0.15) is 6.04 Å². The van der Waals surface area contributed by atoms with Gasteiger partial charge in [-0.3, -0.25) is 24.5 Å². The molecule has 0 aliphatic carbocycles. The molecule has 5 N–H and O–H groups in total. The molecule has 1 aromatic rings. The summed E-state index contributed by atoms with van der Waals surface area (Å²) in [6.45, 7) is 6.64. The van der Waals surface area contributed by atoms with Crippen LogP contribution in [0.15, 0.2) is 18.2 Å². The first-order chi connectivity index (χ1) is 18.0. The van der Waals surface area contributed by atoms with Crippen molar-refractivity contribution in [3.8, 4) is 0 Å². The Kier molecular flexibility index (Phi) is 14.4. The molecule has 1 aliphatic rings. The molecule has 1 unspecified atom stereocenters. The first-order valence-corrected chi connectivity index (χ1v) is 12.6. The molecule has 0 saturated carbocycles. The number of nitrogens with zero attached hydrogens (tertiary/aromatic N) is 1. The summed E-state index contributed by atoms with van der Waals surface area (Å²) < 4.78 is 16.0. The summed E-state index contributed by atoms with van der Waals surface area (Å²) >= 11 is 0. The molecule has 1 aliphatic heterocycles. The zero-order valence-corrected chi connectivity index (χ0v) is 21.5. The monoisotopic (exact) mass is 521 g/mol. The summed E-state index contributed by atoms with van der Waals surface area (Å²) in [6.07, 6.45) is 1.65. The molecule has 0 spiro atoms. The van der Waals surface area contributed by atoms with Crippen LogP contribution in [0.4, 0.5) is 5.69 Å². The third kappa shape index (κ3) is 10.2. The minimum Gasteiger partial charge on any atom is -0.378 e. The van der Waals surface area contributed by atoms with Gasteiger partial charge in [0.15, 0.2) is 0 Å². The highest BCUT2D eigenvalue weighted by Gasteiger charge is 2.37. The Morgan fingerprint density at radius 3 is 2.46 bits per heavy atom. The lowest BCUT2D eigenvalue weighted by Gasteiger charge is -2.25. The normalized spacial score (nSPS) is 13.4. The van der Waals surface area contributed by atoms with Crippen LogP contribution < -0.4 is 21.7 Å². The predicted octanol–water partition coefficient (Wildman–Crippen LogP) is 0.0104. The first-order valence-electron chi connectivity index (χ1n) is 12.6. The highest BCUT2D eigenvalue weighted by atomic mass is 16.5. The van der Waals surface area contributed by atoms with Crippen molar-refractivity contribution in [1.82, 2.24) is 15.5 Å². The molecule has 4 amide bonds. The SMILES string of the molecule is CCCC(C(=O)NC=O)N1Cc2c(NC(=O)CCNCCOCCOCCOCCN)cccc2C1=O. The predicted molar refractivity (Wildman–Crippen MR) is 137 cm³/mol. The second-order valence-electron chi connectivity index (χ2n) is 8.37. The molecule has 0 aromatic heterocycles. The highest BCUT2D eigenvalue weighted by Crippen LogP contribution is 2.31. The number of carbonyl (C=O) groups excluding carboxylic acids is 4. The quantitative estimate of drug-likeness (QED) is 0.137. The van der Waals surface area contributed by atoms with Crippen LogP contribution in [-0.4, -0.2) is 94.3 Å². The minimum absolute atomic E-state index is 0.182. The smallest absolute Gasteiger partial charge is 0.255 e. The summed E-state index contributed by atoms with van der Waals surface area (Å²) in [6, 6.07) is 4.35. The van der Waals surface area contributed by atoms with Gasteiger partial charge in [-0.15, -0.1) is 0 Å². The van der Waals surface area contributed by atoms with Crippen molar-refractivity contribution in [2.45, 2.75) is 38.8 Å². The van der Waals surface area contributed by atoms with Gasteiger partial charge < -0.3 is 35.5 Å². The lowest BCUT2D eigenvalue weighted by Crippen LogP contribution is -2.46. The molecule has 1 aromatic carbocycles. The summed E-state index contributed by atoms with van der Waals surface area (Å²) in [5.74, 6) is -1.00. The van der Waals surface area contributed by atoms with Crippen LogP contribution in [0.25, 0.3) is 0 Å². The molecule has 37 heavy (non-hydrogen) atoms. The number of carbonyl (C=O) groups is 4. The zero-order valence-electron chi connectivity index (χ0n) is 21.5. The summed E-state index contributed by atoms with van der Waals surface area (Å²) in [7, 11) is 0. The van der Waals surface area contributed by atoms with Crippen LogP contribution >= 0.6 is 0 Å². The number of hydrogen-bond acceptors (Lipinski definition) is 9. The second-order valence-corrected chi connectivity index (χ2v) is 8.37. The Balaban J connectivity index is 1.71. The number of amides is 4. The number of rotatable bonds is 20. The van der Waals surface area contributed by atoms with Crippen molar-refractivity contribution >= 4 is 29.8 Å². The third-order valence-corrected chi connectivity index (χ3v) is 5.67. The fraction of sp³-hybridized carbons (Fsp3) is 0.600. The summed E-state index contributed by atoms with van der Waals surface area (Å²) in [5.41, 5.74) is 6.98. The molecular formula is C25H39N5O7. The molecule has 1 heterocycles. The van der Waals surface area contributed by atoms with Gasteiger partial charge in [-0.05, 0) is 18.6 Å². The number of anilines is 1. The average molecular weight is 522 g/mol. The topological polar surface area (TPSA) is 161 Å². The minimum atomic E-state index is -0.757. The maximum absolute atomic E-state index is 13.0. The standard InChI is InChI=1S/C25H39N5O7/c1-2-4-22(24(33)28-18-31)30-17-20-19(25(30)34)5-3-6-21(20)29-23(32)7-9-27-10-12-36-14-16-37-15-13-35-11-8-26/h3,5-6,18,22,27H,2,4,7-17,26H2,1H3,(H,29,32)(H,28,31,33). The first kappa shape index (κ1) is 30.3. The second kappa shape index (κ2) is 17.5. The molecule has 0 bridgehead atoms. The lowest BCUT2D eigenvalue weighted by atomic mass is 10.1. The maximum Gasteiger partial charge on any atom is 0.255 e. The van der Waals surface area contributed by atoms with E-state index in [4.69, 9.17) is 19.9 Å². The number of nitrogens with two attached hydrogens (primary N) is 1. The van der Waals surface area contributed by atoms with Crippen molar-refractivity contribution in [2.24, 2.45) is 5.73 Å². The van der Waals surface area contributed by atoms with E-state index in [1.54, 1.807) is 18.2 Å². The number of nitrogens with one attached hydrogen (secondary N) is 3. The Morgan fingerprint density at radius 2 is 1.78 bits per heavy atom. The fourth-order valence-corrected chi connectivity index (χ4v) is 3.89. The number of ether oxygens (including phenoxy) is 3. The average Bonchev–Trinajstić information content (AvgIpc) is 3.22. The Morgan fingerprint density at radius 1 is 1.08 bits per heavy atom. The third-order valence-electron chi connectivity index (χ3n) is 5.67. The van der Waals surface area contributed by atoms with Crippen molar-refractivity contribution in [2.75, 3.05) is 64.6 Å². The van der Waals surface area contributed by atoms with Crippen LogP contribution in [0, 0.1) is 0 Å². The fourth-order valence-electron chi connectivity index (χ4n) is 3.89. The highest BCUT2D eigenvalue weighted by molar-refractivity contribution is 6.04. The van der Waals surface area contributed by atoms with E-state index in [0.29, 0.717) is 95.3 Å². The Labute approximate surface area is 217 Å². The molecule has 2 rings (SSSR count). The molecule has 12 nitrogen and oxygen atoms in total. The molecule has 0 saturated heterocycles. The Bertz CT molecular complexity index is 883. The van der Waals surface area contributed by atoms with E-state index in [0.717, 1.165) is 0 Å². The van der Waals surface area contributed by atoms with E-state index in [1.807, 2.05) is 6.92 Å². The van der Waals surface area contributed by atoms with Crippen LogP contribution in [0.1, 0.15) is 42.1 Å². The van der Waals surface area contributed by atoms with Gasteiger partial charge in [-0.25, -0.2) is 0 Å². The van der Waals surface area contributed by atoms with Gasteiger partial charge in [0.2, 0.25) is 18.2 Å². The van der Waals surface area contributed by atoms with Gasteiger partial charge in [-0.1, -0.05) is 19.4 Å². The van der Waals surface area contributed by atoms with E-state index in [9.17, 15) is 19.2 Å². The largest absolute Gasteiger partial charge is 0.378 e. The molecule has 1 atom stereocenters. The van der Waals surface area contributed by atoms with Gasteiger partial charge in [-0.2, -0.15) is 0 Å². The van der Waals surface area contributed by atoms with E-state index >= 15 is 0 Å². The van der Waals surface area contributed by atoms with Crippen LogP contribution in [0.5, 0.6) is 0 Å². The van der Waals surface area contributed by atoms with Crippen molar-refractivity contribution < 1.29 is 33.4 Å². The van der Waals surface area contributed by atoms with Gasteiger partial charge in [0.05, 0.1) is 39.6 Å². The summed E-state index contributed by atoms with van der Waals surface area (Å²) in [5, 5.41) is 8.17. The van der Waals surface area contributed by atoms with E-state index in [1.165, 1.54) is 4.90 Å². The summed E-state index contributed by atoms with van der Waals surface area (Å²) in [4.78, 5) is 50.0. The molecule has 0 radical (unpaired) electrons. The Hall–Kier alpha value is -2.90. The van der Waals surface area contributed by atoms with Crippen molar-refractivity contribution in [1.29, 1.82) is 0 Å². The molecule has 0 fully saturated rings. The van der Waals surface area contributed by atoms with Crippen molar-refractivity contribution in [3.05, 3.63) is 29.3 Å². The van der Waals surface area contributed by atoms with E-state index < -0.39 is 11.9 Å². The number of benzene rings is 1. The van der Waals surface area contributed by atoms with Gasteiger partial charge >= 0.3 is 0 Å². The van der Waals surface area contributed by atoms with E-state index in [2.05, 4.69) is 16.0 Å². The van der Waals surface area contributed by atoms with Gasteiger partial charge in [0, 0.05) is 49.4 Å². The number of fused-ring (bicyclic) bond motifs is 1. The molecule has 12 heteroatoms. The van der Waals surface area contributed by atoms with E-state index in [-0.39, 0.29) is 24.8 Å². The molecular weight excluding hydrogens is 482 g/mol. The van der Waals surface area contributed by atoms with Crippen LogP contribution in [0.3, 0.4) is 0 Å². The van der Waals surface area contributed by atoms with Crippen LogP contribution in [-0.2, 0) is 35.1 Å². The lowest BCUT2D eigenvalue weighted by molar-refractivity contribution is -0.129. The maximum atomic E-state index is 13.0. The zero-order chi connectivity index (χ0) is 26.9. The number of hydrogen-bond donors (Lipinski definition) is 4. The molecule has 206 valence electrons. The number of imide groups is 1. The van der Waals surface area contributed by atoms with Gasteiger partial charge in [0.25, 0.3) is 5.91 Å².